The van der Waals surface area contributed by atoms with Gasteiger partial charge in [0.15, 0.2) is 0 Å². The Morgan fingerprint density at radius 3 is 2.56 bits per heavy atom. The van der Waals surface area contributed by atoms with E-state index in [2.05, 4.69) is 5.32 Å². The highest BCUT2D eigenvalue weighted by Crippen LogP contribution is 2.33. The number of amides is 3. The molecule has 1 aromatic carbocycles. The summed E-state index contributed by atoms with van der Waals surface area (Å²) < 4.78 is 16.7. The highest BCUT2D eigenvalue weighted by Gasteiger charge is 2.33. The lowest BCUT2D eigenvalue weighted by molar-refractivity contribution is -0.135. The van der Waals surface area contributed by atoms with E-state index in [-0.39, 0.29) is 49.0 Å². The molecule has 0 saturated heterocycles. The molecule has 1 saturated carbocycles. The summed E-state index contributed by atoms with van der Waals surface area (Å²) in [5.41, 5.74) is 0.813. The Hall–Kier alpha value is -2.65. The Labute approximate surface area is 201 Å². The summed E-state index contributed by atoms with van der Waals surface area (Å²) in [6.45, 7) is 5.07. The first-order valence-corrected chi connectivity index (χ1v) is 11.9. The third-order valence-electron chi connectivity index (χ3n) is 6.48. The lowest BCUT2D eigenvalue weighted by atomic mass is 10.0. The van der Waals surface area contributed by atoms with Crippen LogP contribution < -0.4 is 10.1 Å². The lowest BCUT2D eigenvalue weighted by Crippen LogP contribution is -2.48. The fraction of sp³-hybridized carbons (Fsp3) is 0.640. The maximum atomic E-state index is 13.4. The number of nitrogens with one attached hydrogen (secondary N) is 1. The summed E-state index contributed by atoms with van der Waals surface area (Å²) in [7, 11) is 4.79. The van der Waals surface area contributed by atoms with Gasteiger partial charge in [0, 0.05) is 52.4 Å². The minimum Gasteiger partial charge on any atom is -0.491 e. The van der Waals surface area contributed by atoms with Crippen molar-refractivity contribution in [3.63, 3.8) is 0 Å². The summed E-state index contributed by atoms with van der Waals surface area (Å²) in [4.78, 5) is 41.9. The maximum absolute atomic E-state index is 13.4. The van der Waals surface area contributed by atoms with Crippen LogP contribution in [0.4, 0.5) is 5.69 Å². The second kappa shape index (κ2) is 11.7. The van der Waals surface area contributed by atoms with Crippen molar-refractivity contribution >= 4 is 23.4 Å². The van der Waals surface area contributed by atoms with Gasteiger partial charge in [-0.1, -0.05) is 6.92 Å². The number of hydrogen-bond acceptors (Lipinski definition) is 6. The highest BCUT2D eigenvalue weighted by molar-refractivity contribution is 5.99. The van der Waals surface area contributed by atoms with Crippen LogP contribution >= 0.6 is 0 Å². The number of likely N-dealkylation sites (N-methyl/N-ethyl adjacent to an activating group) is 1. The molecule has 1 aliphatic carbocycles. The smallest absolute Gasteiger partial charge is 0.257 e. The van der Waals surface area contributed by atoms with E-state index in [4.69, 9.17) is 14.2 Å². The molecule has 34 heavy (non-hydrogen) atoms. The third-order valence-corrected chi connectivity index (χ3v) is 6.48. The molecule has 1 N–H and O–H groups in total. The fourth-order valence-electron chi connectivity index (χ4n) is 4.22. The van der Waals surface area contributed by atoms with Gasteiger partial charge in [0.1, 0.15) is 19.0 Å². The molecule has 2 aliphatic rings. The van der Waals surface area contributed by atoms with E-state index in [0.717, 1.165) is 12.8 Å². The van der Waals surface area contributed by atoms with E-state index >= 15 is 0 Å². The number of carbonyl (C=O) groups is 3. The maximum Gasteiger partial charge on any atom is 0.257 e. The van der Waals surface area contributed by atoms with Crippen LogP contribution in [0.5, 0.6) is 5.75 Å². The molecule has 1 aliphatic heterocycles. The van der Waals surface area contributed by atoms with Gasteiger partial charge in [-0.2, -0.15) is 0 Å². The average molecular weight is 476 g/mol. The first kappa shape index (κ1) is 26.0. The number of hydrogen-bond donors (Lipinski definition) is 1. The summed E-state index contributed by atoms with van der Waals surface area (Å²) in [5, 5.41) is 2.73. The molecule has 3 atom stereocenters. The Bertz CT molecular complexity index is 887. The fourth-order valence-corrected chi connectivity index (χ4v) is 4.22. The SMILES string of the molecule is COCC(=O)Nc1ccc2c(c1)C(=O)N(C)C[C@@H](OC)[C@@H](C)CN(C(=O)CC1CC1)[C@@H](C)CO2. The zero-order chi connectivity index (χ0) is 24.8. The van der Waals surface area contributed by atoms with E-state index in [1.807, 2.05) is 18.7 Å². The van der Waals surface area contributed by atoms with Crippen LogP contribution in [-0.4, -0.2) is 87.2 Å². The number of ether oxygens (including phenoxy) is 3. The standard InChI is InChI=1S/C25H37N3O6/c1-16-12-28(24(30)10-18-6-7-18)17(2)14-34-21-9-8-19(26-23(29)15-32-4)11-20(21)25(31)27(3)13-22(16)33-5/h8-9,11,16-18,22H,6-7,10,12-15H2,1-5H3,(H,26,29)/t16-,17-,22+/m0/s1. The zero-order valence-electron chi connectivity index (χ0n) is 20.8. The van der Waals surface area contributed by atoms with Gasteiger partial charge in [0.05, 0.1) is 17.7 Å². The first-order valence-electron chi connectivity index (χ1n) is 11.9. The van der Waals surface area contributed by atoms with Crippen molar-refractivity contribution in [2.75, 3.05) is 52.9 Å². The van der Waals surface area contributed by atoms with Gasteiger partial charge in [0.25, 0.3) is 5.91 Å². The molecule has 188 valence electrons. The lowest BCUT2D eigenvalue weighted by Gasteiger charge is -2.36. The van der Waals surface area contributed by atoms with Gasteiger partial charge in [-0.3, -0.25) is 14.4 Å². The van der Waals surface area contributed by atoms with Crippen molar-refractivity contribution in [3.05, 3.63) is 23.8 Å². The average Bonchev–Trinajstić information content (AvgIpc) is 3.62. The van der Waals surface area contributed by atoms with Crippen LogP contribution in [0.2, 0.25) is 0 Å². The predicted molar refractivity (Wildman–Crippen MR) is 128 cm³/mol. The van der Waals surface area contributed by atoms with Gasteiger partial charge in [-0.05, 0) is 43.9 Å². The Kier molecular flexibility index (Phi) is 8.90. The number of rotatable bonds is 6. The van der Waals surface area contributed by atoms with Crippen LogP contribution in [0.1, 0.15) is 43.5 Å². The molecule has 3 rings (SSSR count). The number of fused-ring (bicyclic) bond motifs is 1. The van der Waals surface area contributed by atoms with Crippen LogP contribution in [0, 0.1) is 11.8 Å². The molecule has 9 nitrogen and oxygen atoms in total. The molecule has 9 heteroatoms. The van der Waals surface area contributed by atoms with Gasteiger partial charge < -0.3 is 29.3 Å². The number of anilines is 1. The van der Waals surface area contributed by atoms with Crippen molar-refractivity contribution in [3.8, 4) is 5.75 Å². The second-order valence-electron chi connectivity index (χ2n) is 9.48. The van der Waals surface area contributed by atoms with Gasteiger partial charge in [0.2, 0.25) is 11.8 Å². The van der Waals surface area contributed by atoms with Crippen LogP contribution in [0.25, 0.3) is 0 Å². The molecular weight excluding hydrogens is 438 g/mol. The van der Waals surface area contributed by atoms with E-state index in [9.17, 15) is 14.4 Å². The first-order chi connectivity index (χ1) is 16.2. The Balaban J connectivity index is 1.90. The Morgan fingerprint density at radius 2 is 1.91 bits per heavy atom. The number of nitrogens with zero attached hydrogens (tertiary/aromatic N) is 2. The van der Waals surface area contributed by atoms with Crippen molar-refractivity contribution < 1.29 is 28.6 Å². The minimum absolute atomic E-state index is 0.0180. The highest BCUT2D eigenvalue weighted by atomic mass is 16.5. The van der Waals surface area contributed by atoms with Gasteiger partial charge in [-0.15, -0.1) is 0 Å². The summed E-state index contributed by atoms with van der Waals surface area (Å²) in [6, 6.07) is 4.80. The van der Waals surface area contributed by atoms with Gasteiger partial charge >= 0.3 is 0 Å². The summed E-state index contributed by atoms with van der Waals surface area (Å²) >= 11 is 0. The minimum atomic E-state index is -0.316. The van der Waals surface area contributed by atoms with Crippen molar-refractivity contribution in [1.82, 2.24) is 9.80 Å². The van der Waals surface area contributed by atoms with E-state index in [1.54, 1.807) is 37.3 Å². The quantitative estimate of drug-likeness (QED) is 0.679. The molecular formula is C25H37N3O6. The van der Waals surface area contributed by atoms with Gasteiger partial charge in [-0.25, -0.2) is 0 Å². The largest absolute Gasteiger partial charge is 0.491 e. The predicted octanol–water partition coefficient (Wildman–Crippen LogP) is 2.40. The molecule has 3 amide bonds. The van der Waals surface area contributed by atoms with Crippen LogP contribution in [0.3, 0.4) is 0 Å². The van der Waals surface area contributed by atoms with Crippen LogP contribution in [-0.2, 0) is 19.1 Å². The third kappa shape index (κ3) is 6.70. The number of methoxy groups -OCH3 is 2. The summed E-state index contributed by atoms with van der Waals surface area (Å²) in [5.74, 6) is 0.506. The molecule has 0 bridgehead atoms. The number of benzene rings is 1. The van der Waals surface area contributed by atoms with Crippen molar-refractivity contribution in [2.45, 2.75) is 45.3 Å². The van der Waals surface area contributed by atoms with Crippen LogP contribution in [0.15, 0.2) is 18.2 Å². The van der Waals surface area contributed by atoms with Crippen molar-refractivity contribution in [2.24, 2.45) is 11.8 Å². The zero-order valence-corrected chi connectivity index (χ0v) is 20.8. The molecule has 0 unspecified atom stereocenters. The second-order valence-corrected chi connectivity index (χ2v) is 9.48. The normalized spacial score (nSPS) is 23.9. The molecule has 1 fully saturated rings. The molecule has 0 aromatic heterocycles. The van der Waals surface area contributed by atoms with Crippen molar-refractivity contribution in [1.29, 1.82) is 0 Å². The monoisotopic (exact) mass is 475 g/mol. The Morgan fingerprint density at radius 1 is 1.18 bits per heavy atom. The molecule has 1 aromatic rings. The molecule has 0 spiro atoms. The van der Waals surface area contributed by atoms with E-state index < -0.39 is 0 Å². The molecule has 1 heterocycles. The number of carbonyl (C=O) groups excluding carboxylic acids is 3. The summed E-state index contributed by atoms with van der Waals surface area (Å²) in [6.07, 6.45) is 2.55. The molecule has 0 radical (unpaired) electrons. The van der Waals surface area contributed by atoms with E-state index in [0.29, 0.717) is 42.4 Å². The topological polar surface area (TPSA) is 97.4 Å². The van der Waals surface area contributed by atoms with E-state index in [1.165, 1.54) is 7.11 Å².